The van der Waals surface area contributed by atoms with Crippen molar-refractivity contribution in [1.82, 2.24) is 14.5 Å². The van der Waals surface area contributed by atoms with Crippen molar-refractivity contribution < 1.29 is 14.3 Å². The predicted molar refractivity (Wildman–Crippen MR) is 114 cm³/mol. The summed E-state index contributed by atoms with van der Waals surface area (Å²) in [5.74, 6) is -1.44. The molecule has 162 valence electrons. The molecule has 2 rings (SSSR count). The number of benzene rings is 1. The number of rotatable bonds is 9. The van der Waals surface area contributed by atoms with Gasteiger partial charge in [0, 0.05) is 6.54 Å². The van der Waals surface area contributed by atoms with Crippen LogP contribution in [0.15, 0.2) is 39.9 Å². The average Bonchev–Trinajstić information content (AvgIpc) is 2.72. The van der Waals surface area contributed by atoms with Crippen LogP contribution in [0, 0.1) is 5.92 Å². The van der Waals surface area contributed by atoms with Crippen molar-refractivity contribution in [2.45, 2.75) is 39.9 Å². The zero-order valence-electron chi connectivity index (χ0n) is 17.7. The first-order chi connectivity index (χ1) is 14.2. The Balaban J connectivity index is 2.45. The van der Waals surface area contributed by atoms with E-state index in [9.17, 15) is 19.2 Å². The molecule has 1 aromatic carbocycles. The van der Waals surface area contributed by atoms with Crippen LogP contribution in [0.25, 0.3) is 0 Å². The van der Waals surface area contributed by atoms with Gasteiger partial charge in [-0.3, -0.25) is 28.8 Å². The molecule has 30 heavy (non-hydrogen) atoms. The zero-order chi connectivity index (χ0) is 22.4. The minimum Gasteiger partial charge on any atom is -0.468 e. The number of carbonyl (C=O) groups is 2. The van der Waals surface area contributed by atoms with E-state index in [2.05, 4.69) is 5.32 Å². The Bertz CT molecular complexity index is 1020. The van der Waals surface area contributed by atoms with Crippen LogP contribution in [0.1, 0.15) is 36.7 Å². The number of nitrogens with zero attached hydrogens (tertiary/aromatic N) is 2. The van der Waals surface area contributed by atoms with Crippen molar-refractivity contribution in [3.63, 3.8) is 0 Å². The lowest BCUT2D eigenvalue weighted by Crippen LogP contribution is -2.47. The van der Waals surface area contributed by atoms with E-state index in [0.717, 1.165) is 10.1 Å². The number of hydrogen-bond donors (Lipinski definition) is 2. The van der Waals surface area contributed by atoms with Crippen molar-refractivity contribution in [1.29, 1.82) is 0 Å². The fraction of sp³-hybridized carbons (Fsp3) is 0.429. The van der Waals surface area contributed by atoms with Crippen LogP contribution in [-0.4, -0.2) is 40.6 Å². The Kier molecular flexibility index (Phi) is 7.71. The first-order valence-electron chi connectivity index (χ1n) is 9.74. The van der Waals surface area contributed by atoms with Gasteiger partial charge in [0.2, 0.25) is 0 Å². The third-order valence-corrected chi connectivity index (χ3v) is 4.85. The minimum absolute atomic E-state index is 0.0945. The molecule has 0 saturated heterocycles. The molecular weight excluding hydrogens is 388 g/mol. The number of carbonyl (C=O) groups excluding carboxylic acids is 2. The van der Waals surface area contributed by atoms with E-state index < -0.39 is 29.0 Å². The van der Waals surface area contributed by atoms with Crippen LogP contribution >= 0.6 is 0 Å². The van der Waals surface area contributed by atoms with Crippen LogP contribution in [0.3, 0.4) is 0 Å². The molecule has 0 spiro atoms. The van der Waals surface area contributed by atoms with Gasteiger partial charge in [0.25, 0.3) is 5.56 Å². The Morgan fingerprint density at radius 3 is 2.30 bits per heavy atom. The quantitative estimate of drug-likeness (QED) is 0.454. The van der Waals surface area contributed by atoms with E-state index in [4.69, 9.17) is 10.5 Å². The first-order valence-corrected chi connectivity index (χ1v) is 9.74. The predicted octanol–water partition coefficient (Wildman–Crippen LogP) is 0.630. The molecule has 0 bridgehead atoms. The van der Waals surface area contributed by atoms with Crippen molar-refractivity contribution >= 4 is 17.6 Å². The van der Waals surface area contributed by atoms with Crippen LogP contribution in [0.4, 0.5) is 5.82 Å². The van der Waals surface area contributed by atoms with Gasteiger partial charge in [-0.05, 0) is 18.4 Å². The van der Waals surface area contributed by atoms with Gasteiger partial charge in [-0.1, -0.05) is 44.2 Å². The topological polar surface area (TPSA) is 125 Å². The molecule has 9 heteroatoms. The second-order valence-electron chi connectivity index (χ2n) is 7.21. The summed E-state index contributed by atoms with van der Waals surface area (Å²) in [7, 11) is 1.26. The standard InChI is InChI=1S/C21H28N4O5/c1-5-24-19(27)16(15(26)11-23-17(13(2)3)20(28)30-4)18(22)25(21(24)29)12-14-9-7-6-8-10-14/h6-10,13,17,23H,5,11-12,22H2,1-4H3. The number of hydrogen-bond acceptors (Lipinski definition) is 7. The number of aromatic nitrogens is 2. The first kappa shape index (κ1) is 23.1. The molecule has 9 nitrogen and oxygen atoms in total. The van der Waals surface area contributed by atoms with Gasteiger partial charge in [0.15, 0.2) is 5.78 Å². The number of ketones is 1. The van der Waals surface area contributed by atoms with Gasteiger partial charge >= 0.3 is 11.7 Å². The lowest BCUT2D eigenvalue weighted by Gasteiger charge is -2.20. The highest BCUT2D eigenvalue weighted by atomic mass is 16.5. The monoisotopic (exact) mass is 416 g/mol. The summed E-state index contributed by atoms with van der Waals surface area (Å²) in [6.45, 7) is 5.16. The molecule has 3 N–H and O–H groups in total. The van der Waals surface area contributed by atoms with Crippen LogP contribution in [0.2, 0.25) is 0 Å². The summed E-state index contributed by atoms with van der Waals surface area (Å²) in [6, 6.07) is 8.40. The van der Waals surface area contributed by atoms with Gasteiger partial charge < -0.3 is 10.5 Å². The molecule has 1 unspecified atom stereocenters. The number of nitrogens with two attached hydrogens (primary N) is 1. The van der Waals surface area contributed by atoms with Gasteiger partial charge in [0.05, 0.1) is 20.2 Å². The Hall–Kier alpha value is -3.20. The van der Waals surface area contributed by atoms with E-state index >= 15 is 0 Å². The third kappa shape index (κ3) is 4.85. The van der Waals surface area contributed by atoms with Crippen LogP contribution in [0.5, 0.6) is 0 Å². The van der Waals surface area contributed by atoms with Crippen molar-refractivity contribution in [2.24, 2.45) is 5.92 Å². The molecule has 0 aliphatic heterocycles. The van der Waals surface area contributed by atoms with Crippen LogP contribution < -0.4 is 22.3 Å². The van der Waals surface area contributed by atoms with E-state index in [-0.39, 0.29) is 36.9 Å². The minimum atomic E-state index is -0.740. The molecule has 2 aromatic rings. The second kappa shape index (κ2) is 10.0. The van der Waals surface area contributed by atoms with Gasteiger partial charge in [0.1, 0.15) is 17.4 Å². The van der Waals surface area contributed by atoms with Gasteiger partial charge in [-0.25, -0.2) is 4.79 Å². The highest BCUT2D eigenvalue weighted by Crippen LogP contribution is 2.10. The Morgan fingerprint density at radius 1 is 1.13 bits per heavy atom. The second-order valence-corrected chi connectivity index (χ2v) is 7.21. The normalized spacial score (nSPS) is 12.0. The van der Waals surface area contributed by atoms with E-state index in [1.807, 2.05) is 30.3 Å². The summed E-state index contributed by atoms with van der Waals surface area (Å²) in [6.07, 6.45) is 0. The number of methoxy groups -OCH3 is 1. The fourth-order valence-electron chi connectivity index (χ4n) is 3.18. The van der Waals surface area contributed by atoms with Crippen molar-refractivity contribution in [3.8, 4) is 0 Å². The lowest BCUT2D eigenvalue weighted by molar-refractivity contribution is -0.144. The highest BCUT2D eigenvalue weighted by molar-refractivity contribution is 6.01. The van der Waals surface area contributed by atoms with Crippen LogP contribution in [-0.2, 0) is 22.6 Å². The van der Waals surface area contributed by atoms with E-state index in [1.54, 1.807) is 20.8 Å². The summed E-state index contributed by atoms with van der Waals surface area (Å²) in [4.78, 5) is 50.3. The zero-order valence-corrected chi connectivity index (χ0v) is 17.7. The highest BCUT2D eigenvalue weighted by Gasteiger charge is 2.26. The Labute approximate surface area is 174 Å². The summed E-state index contributed by atoms with van der Waals surface area (Å²) < 4.78 is 6.94. The molecule has 0 saturated carbocycles. The number of anilines is 1. The number of Topliss-reactive ketones (excluding diaryl/α,β-unsaturated/α-hetero) is 1. The molecule has 1 heterocycles. The maximum Gasteiger partial charge on any atom is 0.332 e. The fourth-order valence-corrected chi connectivity index (χ4v) is 3.18. The molecule has 1 atom stereocenters. The molecule has 0 aliphatic rings. The molecule has 0 amide bonds. The summed E-state index contributed by atoms with van der Waals surface area (Å²) >= 11 is 0. The average molecular weight is 416 g/mol. The van der Waals surface area contributed by atoms with Crippen molar-refractivity contribution in [3.05, 3.63) is 62.3 Å². The van der Waals surface area contributed by atoms with E-state index in [0.29, 0.717) is 0 Å². The summed E-state index contributed by atoms with van der Waals surface area (Å²) in [5.41, 5.74) is 5.33. The number of nitrogens with one attached hydrogen (secondary N) is 1. The van der Waals surface area contributed by atoms with Crippen molar-refractivity contribution in [2.75, 3.05) is 19.4 Å². The number of esters is 1. The lowest BCUT2D eigenvalue weighted by atomic mass is 10.0. The molecule has 0 aliphatic carbocycles. The maximum atomic E-state index is 12.9. The van der Waals surface area contributed by atoms with Gasteiger partial charge in [-0.2, -0.15) is 0 Å². The largest absolute Gasteiger partial charge is 0.468 e. The smallest absolute Gasteiger partial charge is 0.332 e. The summed E-state index contributed by atoms with van der Waals surface area (Å²) in [5, 5.41) is 2.83. The SMILES string of the molecule is CCn1c(=O)c(C(=O)CNC(C(=O)OC)C(C)C)c(N)n(Cc2ccccc2)c1=O. The Morgan fingerprint density at radius 2 is 1.77 bits per heavy atom. The van der Waals surface area contributed by atoms with Gasteiger partial charge in [-0.15, -0.1) is 0 Å². The number of nitrogen functional groups attached to an aromatic ring is 1. The maximum absolute atomic E-state index is 12.9. The molecule has 1 aromatic heterocycles. The molecule has 0 fully saturated rings. The van der Waals surface area contributed by atoms with E-state index in [1.165, 1.54) is 11.7 Å². The molecule has 0 radical (unpaired) electrons. The third-order valence-electron chi connectivity index (χ3n) is 4.85. The number of ether oxygens (including phenoxy) is 1. The molecular formula is C21H28N4O5.